The second-order valence-corrected chi connectivity index (χ2v) is 6.68. The molecule has 0 aliphatic rings. The summed E-state index contributed by atoms with van der Waals surface area (Å²) in [7, 11) is 1.87. The van der Waals surface area contributed by atoms with Crippen LogP contribution < -0.4 is 5.32 Å². The Bertz CT molecular complexity index is 605. The lowest BCUT2D eigenvalue weighted by atomic mass is 10.1. The van der Waals surface area contributed by atoms with E-state index in [9.17, 15) is 4.79 Å². The van der Waals surface area contributed by atoms with Crippen molar-refractivity contribution >= 4 is 17.2 Å². The van der Waals surface area contributed by atoms with E-state index in [0.717, 1.165) is 23.5 Å². The Morgan fingerprint density at radius 3 is 2.65 bits per heavy atom. The highest BCUT2D eigenvalue weighted by molar-refractivity contribution is 7.13. The van der Waals surface area contributed by atoms with E-state index in [-0.39, 0.29) is 5.91 Å². The standard InChI is InChI=1S/C17H26N4OS/c1-3-4-5-6-7-8-9-10-18-16(22)15-13-23-17(20-15)14-11-19-21(2)12-14/h11-13H,3-10H2,1-2H3,(H,18,22). The minimum absolute atomic E-state index is 0.0811. The van der Waals surface area contributed by atoms with Crippen LogP contribution in [-0.2, 0) is 7.05 Å². The number of nitrogens with one attached hydrogen (secondary N) is 1. The normalized spacial score (nSPS) is 10.9. The molecule has 1 N–H and O–H groups in total. The number of thiazole rings is 1. The Balaban J connectivity index is 1.67. The van der Waals surface area contributed by atoms with Gasteiger partial charge in [-0.3, -0.25) is 9.48 Å². The van der Waals surface area contributed by atoms with E-state index >= 15 is 0 Å². The van der Waals surface area contributed by atoms with Crippen LogP contribution in [0.1, 0.15) is 62.4 Å². The van der Waals surface area contributed by atoms with Crippen molar-refractivity contribution in [2.75, 3.05) is 6.54 Å². The molecule has 0 saturated carbocycles. The van der Waals surface area contributed by atoms with Gasteiger partial charge in [-0.1, -0.05) is 45.4 Å². The van der Waals surface area contributed by atoms with Crippen LogP contribution in [0.15, 0.2) is 17.8 Å². The molecule has 6 heteroatoms. The van der Waals surface area contributed by atoms with Crippen molar-refractivity contribution in [2.24, 2.45) is 7.05 Å². The maximum Gasteiger partial charge on any atom is 0.270 e. The van der Waals surface area contributed by atoms with Crippen LogP contribution in [0.2, 0.25) is 0 Å². The lowest BCUT2D eigenvalue weighted by Crippen LogP contribution is -2.24. The molecule has 0 unspecified atom stereocenters. The van der Waals surface area contributed by atoms with E-state index in [0.29, 0.717) is 5.69 Å². The minimum Gasteiger partial charge on any atom is -0.351 e. The van der Waals surface area contributed by atoms with Gasteiger partial charge in [-0.15, -0.1) is 11.3 Å². The summed E-state index contributed by atoms with van der Waals surface area (Å²) in [5.41, 5.74) is 1.44. The third kappa shape index (κ3) is 5.78. The number of rotatable bonds is 10. The monoisotopic (exact) mass is 334 g/mol. The summed E-state index contributed by atoms with van der Waals surface area (Å²) in [6.45, 7) is 2.96. The maximum absolute atomic E-state index is 12.1. The van der Waals surface area contributed by atoms with Gasteiger partial charge in [0.25, 0.3) is 5.91 Å². The number of aromatic nitrogens is 3. The van der Waals surface area contributed by atoms with Gasteiger partial charge in [0.15, 0.2) is 0 Å². The Hall–Kier alpha value is -1.69. The summed E-state index contributed by atoms with van der Waals surface area (Å²) in [6.07, 6.45) is 12.4. The van der Waals surface area contributed by atoms with Crippen LogP contribution in [0.25, 0.3) is 10.6 Å². The van der Waals surface area contributed by atoms with Crippen LogP contribution in [0.5, 0.6) is 0 Å². The van der Waals surface area contributed by atoms with Crippen LogP contribution in [0.3, 0.4) is 0 Å². The average Bonchev–Trinajstić information content (AvgIpc) is 3.18. The van der Waals surface area contributed by atoms with Crippen molar-refractivity contribution in [1.82, 2.24) is 20.1 Å². The summed E-state index contributed by atoms with van der Waals surface area (Å²) in [5, 5.41) is 9.72. The molecule has 126 valence electrons. The Morgan fingerprint density at radius 2 is 1.96 bits per heavy atom. The third-order valence-corrected chi connectivity index (χ3v) is 4.65. The highest BCUT2D eigenvalue weighted by Gasteiger charge is 2.12. The van der Waals surface area contributed by atoms with Gasteiger partial charge in [0, 0.05) is 30.7 Å². The molecule has 5 nitrogen and oxygen atoms in total. The lowest BCUT2D eigenvalue weighted by Gasteiger charge is -2.03. The SMILES string of the molecule is CCCCCCCCCNC(=O)c1csc(-c2cnn(C)c2)n1. The number of aryl methyl sites for hydroxylation is 1. The third-order valence-electron chi connectivity index (χ3n) is 3.75. The fraction of sp³-hybridized carbons (Fsp3) is 0.588. The van der Waals surface area contributed by atoms with Crippen molar-refractivity contribution < 1.29 is 4.79 Å². The summed E-state index contributed by atoms with van der Waals surface area (Å²) < 4.78 is 1.73. The van der Waals surface area contributed by atoms with Crippen LogP contribution in [-0.4, -0.2) is 27.2 Å². The number of carbonyl (C=O) groups is 1. The molecule has 23 heavy (non-hydrogen) atoms. The first-order chi connectivity index (χ1) is 11.2. The van der Waals surface area contributed by atoms with Crippen molar-refractivity contribution in [1.29, 1.82) is 0 Å². The summed E-state index contributed by atoms with van der Waals surface area (Å²) >= 11 is 1.47. The van der Waals surface area contributed by atoms with Gasteiger partial charge >= 0.3 is 0 Å². The quantitative estimate of drug-likeness (QED) is 0.668. The molecule has 0 bridgehead atoms. The molecule has 2 rings (SSSR count). The molecule has 2 heterocycles. The zero-order chi connectivity index (χ0) is 16.5. The van der Waals surface area contributed by atoms with E-state index < -0.39 is 0 Å². The molecular weight excluding hydrogens is 308 g/mol. The molecule has 1 amide bonds. The first-order valence-electron chi connectivity index (χ1n) is 8.43. The predicted octanol–water partition coefficient (Wildman–Crippen LogP) is 4.02. The van der Waals surface area contributed by atoms with Gasteiger partial charge in [-0.25, -0.2) is 4.98 Å². The van der Waals surface area contributed by atoms with E-state index in [2.05, 4.69) is 22.3 Å². The van der Waals surface area contributed by atoms with Gasteiger partial charge < -0.3 is 5.32 Å². The largest absolute Gasteiger partial charge is 0.351 e. The number of hydrogen-bond acceptors (Lipinski definition) is 4. The van der Waals surface area contributed by atoms with Crippen molar-refractivity contribution in [2.45, 2.75) is 51.9 Å². The van der Waals surface area contributed by atoms with Crippen LogP contribution >= 0.6 is 11.3 Å². The molecule has 2 aromatic heterocycles. The molecule has 0 radical (unpaired) electrons. The van der Waals surface area contributed by atoms with Crippen molar-refractivity contribution in [3.05, 3.63) is 23.5 Å². The number of carbonyl (C=O) groups excluding carboxylic acids is 1. The molecular formula is C17H26N4OS. The first-order valence-corrected chi connectivity index (χ1v) is 9.31. The zero-order valence-corrected chi connectivity index (χ0v) is 14.9. The second kappa shape index (κ2) is 9.45. The van der Waals surface area contributed by atoms with Gasteiger partial charge in [-0.2, -0.15) is 5.10 Å². The highest BCUT2D eigenvalue weighted by atomic mass is 32.1. The molecule has 0 atom stereocenters. The van der Waals surface area contributed by atoms with Gasteiger partial charge in [0.2, 0.25) is 0 Å². The molecule has 0 aromatic carbocycles. The van der Waals surface area contributed by atoms with E-state index in [1.807, 2.05) is 18.6 Å². The lowest BCUT2D eigenvalue weighted by molar-refractivity contribution is 0.0948. The number of unbranched alkanes of at least 4 members (excludes halogenated alkanes) is 6. The average molecular weight is 334 g/mol. The highest BCUT2D eigenvalue weighted by Crippen LogP contribution is 2.22. The van der Waals surface area contributed by atoms with Gasteiger partial charge in [0.1, 0.15) is 10.7 Å². The molecule has 0 aliphatic carbocycles. The Morgan fingerprint density at radius 1 is 1.22 bits per heavy atom. The number of amides is 1. The van der Waals surface area contributed by atoms with Gasteiger partial charge in [-0.05, 0) is 6.42 Å². The first kappa shape index (κ1) is 17.7. The van der Waals surface area contributed by atoms with E-state index in [4.69, 9.17) is 0 Å². The number of hydrogen-bond donors (Lipinski definition) is 1. The van der Waals surface area contributed by atoms with E-state index in [1.165, 1.54) is 49.9 Å². The maximum atomic E-state index is 12.1. The topological polar surface area (TPSA) is 59.8 Å². The van der Waals surface area contributed by atoms with E-state index in [1.54, 1.807) is 10.9 Å². The number of nitrogens with zero attached hydrogens (tertiary/aromatic N) is 3. The van der Waals surface area contributed by atoms with Crippen LogP contribution in [0.4, 0.5) is 0 Å². The fourth-order valence-corrected chi connectivity index (χ4v) is 3.19. The Labute approximate surface area is 142 Å². The van der Waals surface area contributed by atoms with Crippen molar-refractivity contribution in [3.8, 4) is 10.6 Å². The predicted molar refractivity (Wildman–Crippen MR) is 94.6 cm³/mol. The zero-order valence-electron chi connectivity index (χ0n) is 14.0. The van der Waals surface area contributed by atoms with Gasteiger partial charge in [0.05, 0.1) is 6.20 Å². The molecule has 0 fully saturated rings. The summed E-state index contributed by atoms with van der Waals surface area (Å²) in [5.74, 6) is -0.0811. The minimum atomic E-state index is -0.0811. The molecule has 0 spiro atoms. The molecule has 0 saturated heterocycles. The smallest absolute Gasteiger partial charge is 0.270 e. The fourth-order valence-electron chi connectivity index (χ4n) is 2.42. The summed E-state index contributed by atoms with van der Waals surface area (Å²) in [6, 6.07) is 0. The Kier molecular flexibility index (Phi) is 7.26. The molecule has 0 aliphatic heterocycles. The molecule has 2 aromatic rings. The van der Waals surface area contributed by atoms with Crippen molar-refractivity contribution in [3.63, 3.8) is 0 Å². The summed E-state index contributed by atoms with van der Waals surface area (Å²) in [4.78, 5) is 16.5. The second-order valence-electron chi connectivity index (χ2n) is 5.82. The van der Waals surface area contributed by atoms with Crippen LogP contribution in [0, 0.1) is 0 Å².